The lowest BCUT2D eigenvalue weighted by Crippen LogP contribution is -2.32. The van der Waals surface area contributed by atoms with Gasteiger partial charge >= 0.3 is 0 Å². The molecule has 0 fully saturated rings. The maximum atomic E-state index is 5.59. The molecule has 4 heteroatoms. The van der Waals surface area contributed by atoms with Gasteiger partial charge in [-0.05, 0) is 20.8 Å². The molecule has 1 aromatic heterocycles. The van der Waals surface area contributed by atoms with Crippen LogP contribution >= 0.6 is 0 Å². The lowest BCUT2D eigenvalue weighted by molar-refractivity contribution is 0.695. The van der Waals surface area contributed by atoms with Gasteiger partial charge in [0.05, 0.1) is 0 Å². The Hall–Kier alpha value is -1.42. The number of hydrogen-bond donors (Lipinski definition) is 1. The summed E-state index contributed by atoms with van der Waals surface area (Å²) in [5.41, 5.74) is 7.52. The van der Waals surface area contributed by atoms with Crippen LogP contribution in [0, 0.1) is 6.92 Å². The van der Waals surface area contributed by atoms with Crippen LogP contribution in [0.2, 0.25) is 0 Å². The molecule has 1 heterocycles. The molecule has 0 spiro atoms. The van der Waals surface area contributed by atoms with Gasteiger partial charge in [0.25, 0.3) is 0 Å². The zero-order valence-corrected chi connectivity index (χ0v) is 10.3. The minimum absolute atomic E-state index is 0.348. The van der Waals surface area contributed by atoms with E-state index in [2.05, 4.69) is 35.3 Å². The number of nitrogens with zero attached hydrogens (tertiary/aromatic N) is 3. The number of aromatic nitrogens is 2. The van der Waals surface area contributed by atoms with E-state index in [0.29, 0.717) is 12.6 Å². The van der Waals surface area contributed by atoms with Crippen molar-refractivity contribution >= 4 is 5.95 Å². The fourth-order valence-corrected chi connectivity index (χ4v) is 1.48. The molecule has 1 rings (SSSR count). The molecule has 2 N–H and O–H groups in total. The van der Waals surface area contributed by atoms with E-state index >= 15 is 0 Å². The van der Waals surface area contributed by atoms with E-state index < -0.39 is 0 Å². The molecule has 0 amide bonds. The molecule has 0 radical (unpaired) electrons. The van der Waals surface area contributed by atoms with E-state index in [0.717, 1.165) is 23.8 Å². The molecule has 0 saturated carbocycles. The normalized spacial score (nSPS) is 10.6. The number of rotatable bonds is 5. The average Bonchev–Trinajstić information content (AvgIpc) is 2.25. The first-order chi connectivity index (χ1) is 7.60. The highest BCUT2D eigenvalue weighted by Gasteiger charge is 2.12. The van der Waals surface area contributed by atoms with E-state index in [4.69, 9.17) is 5.73 Å². The molecular weight excluding hydrogens is 200 g/mol. The highest BCUT2D eigenvalue weighted by atomic mass is 15.3. The van der Waals surface area contributed by atoms with Crippen molar-refractivity contribution < 1.29 is 0 Å². The van der Waals surface area contributed by atoms with Gasteiger partial charge < -0.3 is 10.6 Å². The van der Waals surface area contributed by atoms with Crippen LogP contribution < -0.4 is 10.6 Å². The van der Waals surface area contributed by atoms with Gasteiger partial charge in [-0.25, -0.2) is 9.97 Å². The molecule has 0 bridgehead atoms. The van der Waals surface area contributed by atoms with Crippen LogP contribution in [-0.2, 0) is 6.54 Å². The molecule has 4 nitrogen and oxygen atoms in total. The van der Waals surface area contributed by atoms with Crippen LogP contribution in [0.15, 0.2) is 18.9 Å². The largest absolute Gasteiger partial charge is 0.335 e. The first kappa shape index (κ1) is 12.6. The SMILES string of the molecule is C=CCN(c1ncc(CN)c(C)n1)C(C)C. The summed E-state index contributed by atoms with van der Waals surface area (Å²) in [7, 11) is 0. The number of nitrogens with two attached hydrogens (primary N) is 1. The molecule has 0 atom stereocenters. The van der Waals surface area contributed by atoms with Crippen molar-refractivity contribution in [2.24, 2.45) is 5.73 Å². The standard InChI is InChI=1S/C12H20N4/c1-5-6-16(9(2)3)12-14-8-11(7-13)10(4)15-12/h5,8-9H,1,6-7,13H2,2-4H3. The molecule has 0 saturated heterocycles. The summed E-state index contributed by atoms with van der Waals surface area (Å²) >= 11 is 0. The van der Waals surface area contributed by atoms with Crippen molar-refractivity contribution in [2.45, 2.75) is 33.4 Å². The van der Waals surface area contributed by atoms with Gasteiger partial charge in [-0.1, -0.05) is 6.08 Å². The average molecular weight is 220 g/mol. The van der Waals surface area contributed by atoms with Gasteiger partial charge in [0.2, 0.25) is 5.95 Å². The van der Waals surface area contributed by atoms with Gasteiger partial charge in [0.1, 0.15) is 0 Å². The summed E-state index contributed by atoms with van der Waals surface area (Å²) in [6.07, 6.45) is 3.66. The molecule has 0 aliphatic rings. The molecule has 1 aromatic rings. The van der Waals surface area contributed by atoms with E-state index in [1.807, 2.05) is 13.0 Å². The minimum atomic E-state index is 0.348. The molecule has 88 valence electrons. The van der Waals surface area contributed by atoms with Crippen molar-refractivity contribution in [2.75, 3.05) is 11.4 Å². The molecule has 0 unspecified atom stereocenters. The van der Waals surface area contributed by atoms with Crippen LogP contribution in [0.5, 0.6) is 0 Å². The third-order valence-electron chi connectivity index (χ3n) is 2.49. The Labute approximate surface area is 97.2 Å². The summed E-state index contributed by atoms with van der Waals surface area (Å²) in [5, 5.41) is 0. The molecule has 0 aliphatic carbocycles. The summed E-state index contributed by atoms with van der Waals surface area (Å²) in [4.78, 5) is 10.9. The Balaban J connectivity index is 3.01. The summed E-state index contributed by atoms with van der Waals surface area (Å²) in [5.74, 6) is 0.740. The van der Waals surface area contributed by atoms with E-state index in [-0.39, 0.29) is 0 Å². The highest BCUT2D eigenvalue weighted by Crippen LogP contribution is 2.13. The summed E-state index contributed by atoms with van der Waals surface area (Å²) in [6.45, 7) is 11.2. The monoisotopic (exact) mass is 220 g/mol. The molecule has 16 heavy (non-hydrogen) atoms. The second-order valence-electron chi connectivity index (χ2n) is 4.02. The second-order valence-corrected chi connectivity index (χ2v) is 4.02. The van der Waals surface area contributed by atoms with Gasteiger partial charge in [0, 0.05) is 36.6 Å². The van der Waals surface area contributed by atoms with Crippen LogP contribution in [-0.4, -0.2) is 22.6 Å². The van der Waals surface area contributed by atoms with Crippen molar-refractivity contribution in [3.05, 3.63) is 30.1 Å². The Morgan fingerprint density at radius 1 is 1.56 bits per heavy atom. The Bertz CT molecular complexity index is 360. The van der Waals surface area contributed by atoms with Crippen LogP contribution in [0.1, 0.15) is 25.1 Å². The molecule has 0 aromatic carbocycles. The maximum absolute atomic E-state index is 5.59. The van der Waals surface area contributed by atoms with E-state index in [1.165, 1.54) is 0 Å². The van der Waals surface area contributed by atoms with Gasteiger partial charge in [0.15, 0.2) is 0 Å². The van der Waals surface area contributed by atoms with Gasteiger partial charge in [-0.15, -0.1) is 6.58 Å². The topological polar surface area (TPSA) is 55.0 Å². The molecular formula is C12H20N4. The van der Waals surface area contributed by atoms with Crippen LogP contribution in [0.25, 0.3) is 0 Å². The van der Waals surface area contributed by atoms with Crippen LogP contribution in [0.4, 0.5) is 5.95 Å². The highest BCUT2D eigenvalue weighted by molar-refractivity contribution is 5.34. The Morgan fingerprint density at radius 2 is 2.25 bits per heavy atom. The fraction of sp³-hybridized carbons (Fsp3) is 0.500. The summed E-state index contributed by atoms with van der Waals surface area (Å²) < 4.78 is 0. The van der Waals surface area contributed by atoms with Crippen molar-refractivity contribution in [1.29, 1.82) is 0 Å². The lowest BCUT2D eigenvalue weighted by Gasteiger charge is -2.25. The Morgan fingerprint density at radius 3 is 2.69 bits per heavy atom. The van der Waals surface area contributed by atoms with Crippen LogP contribution in [0.3, 0.4) is 0 Å². The number of hydrogen-bond acceptors (Lipinski definition) is 4. The first-order valence-corrected chi connectivity index (χ1v) is 5.50. The van der Waals surface area contributed by atoms with Crippen molar-refractivity contribution in [1.82, 2.24) is 9.97 Å². The van der Waals surface area contributed by atoms with Crippen molar-refractivity contribution in [3.8, 4) is 0 Å². The van der Waals surface area contributed by atoms with Gasteiger partial charge in [-0.3, -0.25) is 0 Å². The quantitative estimate of drug-likeness (QED) is 0.766. The predicted molar refractivity (Wildman–Crippen MR) is 67.3 cm³/mol. The minimum Gasteiger partial charge on any atom is -0.335 e. The Kier molecular flexibility index (Phi) is 4.43. The number of aryl methyl sites for hydroxylation is 1. The smallest absolute Gasteiger partial charge is 0.226 e. The van der Waals surface area contributed by atoms with E-state index in [9.17, 15) is 0 Å². The van der Waals surface area contributed by atoms with Crippen molar-refractivity contribution in [3.63, 3.8) is 0 Å². The third kappa shape index (κ3) is 2.79. The first-order valence-electron chi connectivity index (χ1n) is 5.50. The fourth-order valence-electron chi connectivity index (χ4n) is 1.48. The number of anilines is 1. The lowest BCUT2D eigenvalue weighted by atomic mass is 10.2. The van der Waals surface area contributed by atoms with Gasteiger partial charge in [-0.2, -0.15) is 0 Å². The molecule has 0 aliphatic heterocycles. The summed E-state index contributed by atoms with van der Waals surface area (Å²) in [6, 6.07) is 0.348. The maximum Gasteiger partial charge on any atom is 0.226 e. The zero-order chi connectivity index (χ0) is 12.1. The van der Waals surface area contributed by atoms with E-state index in [1.54, 1.807) is 6.20 Å². The zero-order valence-electron chi connectivity index (χ0n) is 10.3. The predicted octanol–water partition coefficient (Wildman–Crippen LogP) is 1.64. The second kappa shape index (κ2) is 5.61. The third-order valence-corrected chi connectivity index (χ3v) is 2.49.